The number of rotatable bonds is 0. The highest BCUT2D eigenvalue weighted by Gasteiger charge is 2.49. The Balaban J connectivity index is 2.03. The van der Waals surface area contributed by atoms with Gasteiger partial charge in [0.1, 0.15) is 6.10 Å². The minimum absolute atomic E-state index is 0.0105. The van der Waals surface area contributed by atoms with Crippen LogP contribution in [0.4, 0.5) is 0 Å². The molecule has 0 radical (unpaired) electrons. The van der Waals surface area contributed by atoms with Crippen LogP contribution in [0.15, 0.2) is 36.0 Å². The molecule has 2 heteroatoms. The highest BCUT2D eigenvalue weighted by Crippen LogP contribution is 2.50. The third-order valence-corrected chi connectivity index (χ3v) is 4.66. The molecule has 0 bridgehead atoms. The van der Waals surface area contributed by atoms with Gasteiger partial charge in [-0.05, 0) is 32.1 Å². The zero-order valence-corrected chi connectivity index (χ0v) is 10.2. The normalized spacial score (nSPS) is 40.5. The summed E-state index contributed by atoms with van der Waals surface area (Å²) in [6.07, 6.45) is 5.37. The van der Waals surface area contributed by atoms with Crippen molar-refractivity contribution in [1.82, 2.24) is 0 Å². The Kier molecular flexibility index (Phi) is 2.29. The molecule has 2 nitrogen and oxygen atoms in total. The van der Waals surface area contributed by atoms with Crippen LogP contribution in [0.25, 0.3) is 0 Å². The zero-order valence-electron chi connectivity index (χ0n) is 10.2. The molecular weight excluding hydrogens is 212 g/mol. The molecule has 1 saturated heterocycles. The van der Waals surface area contributed by atoms with Crippen LogP contribution in [-0.4, -0.2) is 12.1 Å². The summed E-state index contributed by atoms with van der Waals surface area (Å²) in [7, 11) is 0. The van der Waals surface area contributed by atoms with Crippen molar-refractivity contribution < 1.29 is 9.53 Å². The first kappa shape index (κ1) is 10.8. The van der Waals surface area contributed by atoms with E-state index in [9.17, 15) is 4.79 Å². The van der Waals surface area contributed by atoms with Gasteiger partial charge in [-0.15, -0.1) is 0 Å². The fourth-order valence-electron chi connectivity index (χ4n) is 3.64. The van der Waals surface area contributed by atoms with Gasteiger partial charge in [0.15, 0.2) is 0 Å². The van der Waals surface area contributed by atoms with Gasteiger partial charge < -0.3 is 4.74 Å². The van der Waals surface area contributed by atoms with E-state index >= 15 is 0 Å². The number of carbonyl (C=O) groups is 1. The van der Waals surface area contributed by atoms with E-state index in [0.717, 1.165) is 19.3 Å². The average Bonchev–Trinajstić information content (AvgIpc) is 2.75. The van der Waals surface area contributed by atoms with Gasteiger partial charge in [-0.2, -0.15) is 0 Å². The molecule has 3 rings (SSSR count). The number of carbonyl (C=O) groups excluding carboxylic acids is 1. The average molecular weight is 230 g/mol. The predicted octanol–water partition coefficient (Wildman–Crippen LogP) is 3.02. The van der Waals surface area contributed by atoms with E-state index in [1.54, 1.807) is 0 Å². The SMILES string of the molecule is C=C1CC[C@H]2C(C)=CC[C@H]3C(=C)C(=O)O[C@@H]3[C@@H]12. The molecule has 1 saturated carbocycles. The summed E-state index contributed by atoms with van der Waals surface area (Å²) in [5.74, 6) is 0.812. The minimum atomic E-state index is -0.202. The van der Waals surface area contributed by atoms with Crippen LogP contribution in [0, 0.1) is 17.8 Å². The molecule has 17 heavy (non-hydrogen) atoms. The second kappa shape index (κ2) is 3.59. The van der Waals surface area contributed by atoms with E-state index in [2.05, 4.69) is 26.2 Å². The molecule has 1 heterocycles. The lowest BCUT2D eigenvalue weighted by Gasteiger charge is -2.26. The maximum atomic E-state index is 11.7. The first-order valence-corrected chi connectivity index (χ1v) is 6.33. The molecule has 2 aliphatic carbocycles. The smallest absolute Gasteiger partial charge is 0.334 e. The van der Waals surface area contributed by atoms with E-state index in [4.69, 9.17) is 4.74 Å². The third kappa shape index (κ3) is 1.43. The van der Waals surface area contributed by atoms with Gasteiger partial charge in [-0.3, -0.25) is 0 Å². The van der Waals surface area contributed by atoms with Crippen molar-refractivity contribution in [3.8, 4) is 0 Å². The number of hydrogen-bond acceptors (Lipinski definition) is 2. The molecule has 0 spiro atoms. The topological polar surface area (TPSA) is 26.3 Å². The van der Waals surface area contributed by atoms with Gasteiger partial charge in [0, 0.05) is 17.4 Å². The van der Waals surface area contributed by atoms with E-state index in [1.807, 2.05) is 0 Å². The van der Waals surface area contributed by atoms with Gasteiger partial charge >= 0.3 is 5.97 Å². The molecule has 0 amide bonds. The van der Waals surface area contributed by atoms with Gasteiger partial charge in [0.05, 0.1) is 0 Å². The molecule has 90 valence electrons. The molecule has 1 aliphatic heterocycles. The monoisotopic (exact) mass is 230 g/mol. The number of fused-ring (bicyclic) bond motifs is 3. The first-order chi connectivity index (χ1) is 8.09. The van der Waals surface area contributed by atoms with Crippen LogP contribution < -0.4 is 0 Å². The molecule has 0 N–H and O–H groups in total. The number of allylic oxidation sites excluding steroid dienone is 2. The van der Waals surface area contributed by atoms with E-state index < -0.39 is 0 Å². The number of esters is 1. The molecule has 2 fully saturated rings. The second-order valence-corrected chi connectivity index (χ2v) is 5.51. The van der Waals surface area contributed by atoms with Crippen LogP contribution in [0.3, 0.4) is 0 Å². The zero-order chi connectivity index (χ0) is 12.2. The quantitative estimate of drug-likeness (QED) is 0.363. The Morgan fingerprint density at radius 1 is 1.35 bits per heavy atom. The largest absolute Gasteiger partial charge is 0.458 e. The van der Waals surface area contributed by atoms with Gasteiger partial charge in [0.25, 0.3) is 0 Å². The Bertz CT molecular complexity index is 444. The summed E-state index contributed by atoms with van der Waals surface area (Å²) in [5, 5.41) is 0. The van der Waals surface area contributed by atoms with E-state index in [1.165, 1.54) is 11.1 Å². The Morgan fingerprint density at radius 2 is 2.12 bits per heavy atom. The van der Waals surface area contributed by atoms with E-state index in [-0.39, 0.29) is 18.0 Å². The van der Waals surface area contributed by atoms with Crippen LogP contribution in [0.2, 0.25) is 0 Å². The molecule has 4 atom stereocenters. The molecule has 0 unspecified atom stereocenters. The third-order valence-electron chi connectivity index (χ3n) is 4.66. The maximum Gasteiger partial charge on any atom is 0.334 e. The van der Waals surface area contributed by atoms with Crippen molar-refractivity contribution in [1.29, 1.82) is 0 Å². The number of hydrogen-bond donors (Lipinski definition) is 0. The first-order valence-electron chi connectivity index (χ1n) is 6.33. The van der Waals surface area contributed by atoms with Crippen molar-refractivity contribution in [2.75, 3.05) is 0 Å². The lowest BCUT2D eigenvalue weighted by atomic mass is 9.81. The van der Waals surface area contributed by atoms with Gasteiger partial charge in [-0.25, -0.2) is 4.79 Å². The molecule has 0 aromatic rings. The lowest BCUT2D eigenvalue weighted by Crippen LogP contribution is -2.29. The van der Waals surface area contributed by atoms with Gasteiger partial charge in [0.2, 0.25) is 0 Å². The van der Waals surface area contributed by atoms with Gasteiger partial charge in [-0.1, -0.05) is 30.4 Å². The standard InChI is InChI=1S/C15H18O2/c1-8-4-7-12-10(3)15(16)17-14(12)13-9(2)5-6-11(8)13/h4,11-14H,2-3,5-7H2,1H3/t11-,12-,13-,14-/m0/s1. The second-order valence-electron chi connectivity index (χ2n) is 5.51. The highest BCUT2D eigenvalue weighted by molar-refractivity contribution is 5.91. The minimum Gasteiger partial charge on any atom is -0.458 e. The summed E-state index contributed by atoms with van der Waals surface area (Å²) in [6, 6.07) is 0. The Morgan fingerprint density at radius 3 is 2.88 bits per heavy atom. The molecule has 0 aromatic carbocycles. The van der Waals surface area contributed by atoms with E-state index in [0.29, 0.717) is 17.4 Å². The van der Waals surface area contributed by atoms with Crippen molar-refractivity contribution in [2.24, 2.45) is 17.8 Å². The van der Waals surface area contributed by atoms with Crippen molar-refractivity contribution in [2.45, 2.75) is 32.3 Å². The predicted molar refractivity (Wildman–Crippen MR) is 66.2 cm³/mol. The van der Waals surface area contributed by atoms with Crippen molar-refractivity contribution >= 4 is 5.97 Å². The highest BCUT2D eigenvalue weighted by atomic mass is 16.6. The van der Waals surface area contributed by atoms with Crippen LogP contribution in [0.1, 0.15) is 26.2 Å². The summed E-state index contributed by atoms with van der Waals surface area (Å²) in [4.78, 5) is 11.7. The van der Waals surface area contributed by atoms with Crippen LogP contribution >= 0.6 is 0 Å². The van der Waals surface area contributed by atoms with Crippen molar-refractivity contribution in [3.05, 3.63) is 36.0 Å². The molecule has 3 aliphatic rings. The summed E-state index contributed by atoms with van der Waals surface area (Å²) in [5.41, 5.74) is 3.34. The summed E-state index contributed by atoms with van der Waals surface area (Å²) in [6.45, 7) is 10.3. The fourth-order valence-corrected chi connectivity index (χ4v) is 3.64. The van der Waals surface area contributed by atoms with Crippen molar-refractivity contribution in [3.63, 3.8) is 0 Å². The maximum absolute atomic E-state index is 11.7. The molecular formula is C15H18O2. The Hall–Kier alpha value is -1.31. The van der Waals surface area contributed by atoms with Crippen LogP contribution in [-0.2, 0) is 9.53 Å². The molecule has 0 aromatic heterocycles. The summed E-state index contributed by atoms with van der Waals surface area (Å²) >= 11 is 0. The summed E-state index contributed by atoms with van der Waals surface area (Å²) < 4.78 is 5.56. The lowest BCUT2D eigenvalue weighted by molar-refractivity contribution is -0.141. The fraction of sp³-hybridized carbons (Fsp3) is 0.533. The Labute approximate surface area is 102 Å². The van der Waals surface area contributed by atoms with Crippen LogP contribution in [0.5, 0.6) is 0 Å². The number of ether oxygens (including phenoxy) is 1.